The number of nitrogens with one attached hydrogen (secondary N) is 1. The van der Waals surface area contributed by atoms with Crippen LogP contribution < -0.4 is 5.32 Å². The van der Waals surface area contributed by atoms with E-state index in [2.05, 4.69) is 24.4 Å². The summed E-state index contributed by atoms with van der Waals surface area (Å²) >= 11 is 0. The molecule has 41 heavy (non-hydrogen) atoms. The first-order valence-corrected chi connectivity index (χ1v) is 15.8. The lowest BCUT2D eigenvalue weighted by Gasteiger charge is -2.20. The first-order valence-electron chi connectivity index (χ1n) is 13.9. The number of aryl methyl sites for hydroxylation is 2. The standard InChI is InChI=1S/C33H32N4O3S/c1-3-23-14-16-24(17-15-23)29-20-28(30-22(2)36-37(32(30)34-29)27-18-19-41(39,40)21-27)33(38)35-31(25-10-6-4-7-11-25)26-12-8-5-9-13-26/h4-17,20,27,31H,3,18-19,21H2,1-2H3,(H,35,38). The van der Waals surface area contributed by atoms with Crippen LogP contribution in [-0.4, -0.2) is 40.6 Å². The van der Waals surface area contributed by atoms with Gasteiger partial charge in [0.2, 0.25) is 0 Å². The molecule has 7 nitrogen and oxygen atoms in total. The molecule has 2 aromatic heterocycles. The molecule has 208 valence electrons. The molecule has 0 saturated carbocycles. The fourth-order valence-corrected chi connectivity index (χ4v) is 7.32. The van der Waals surface area contributed by atoms with Crippen LogP contribution in [0.4, 0.5) is 0 Å². The highest BCUT2D eigenvalue weighted by Crippen LogP contribution is 2.33. The Morgan fingerprint density at radius 2 is 1.61 bits per heavy atom. The molecule has 5 aromatic rings. The number of carbonyl (C=O) groups is 1. The smallest absolute Gasteiger partial charge is 0.252 e. The molecule has 1 N–H and O–H groups in total. The van der Waals surface area contributed by atoms with Crippen molar-refractivity contribution in [1.29, 1.82) is 0 Å². The molecule has 0 aliphatic carbocycles. The maximum Gasteiger partial charge on any atom is 0.252 e. The van der Waals surface area contributed by atoms with Crippen LogP contribution >= 0.6 is 0 Å². The Morgan fingerprint density at radius 1 is 0.976 bits per heavy atom. The van der Waals surface area contributed by atoms with Crippen molar-refractivity contribution in [2.75, 3.05) is 11.5 Å². The van der Waals surface area contributed by atoms with Gasteiger partial charge in [-0.25, -0.2) is 18.1 Å². The van der Waals surface area contributed by atoms with Crippen LogP contribution in [0.3, 0.4) is 0 Å². The van der Waals surface area contributed by atoms with Crippen LogP contribution in [0.15, 0.2) is 91.0 Å². The second kappa shape index (κ2) is 10.9. The summed E-state index contributed by atoms with van der Waals surface area (Å²) in [6.07, 6.45) is 1.39. The lowest BCUT2D eigenvalue weighted by atomic mass is 9.97. The van der Waals surface area contributed by atoms with E-state index in [1.165, 1.54) is 5.56 Å². The van der Waals surface area contributed by atoms with Crippen LogP contribution in [0.1, 0.15) is 58.2 Å². The van der Waals surface area contributed by atoms with Crippen molar-refractivity contribution in [2.45, 2.75) is 38.8 Å². The Kier molecular flexibility index (Phi) is 7.17. The molecular formula is C33H32N4O3S. The normalized spacial score (nSPS) is 16.3. The van der Waals surface area contributed by atoms with Crippen molar-refractivity contribution < 1.29 is 13.2 Å². The number of rotatable bonds is 7. The number of fused-ring (bicyclic) bond motifs is 1. The SMILES string of the molecule is CCc1ccc(-c2cc(C(=O)NC(c3ccccc3)c3ccccc3)c3c(C)nn(C4CCS(=O)(=O)C4)c3n2)cc1. The second-order valence-electron chi connectivity index (χ2n) is 10.6. The minimum atomic E-state index is -3.14. The average Bonchev–Trinajstić information content (AvgIpc) is 3.54. The Balaban J connectivity index is 1.49. The summed E-state index contributed by atoms with van der Waals surface area (Å²) in [4.78, 5) is 19.2. The van der Waals surface area contributed by atoms with Crippen LogP contribution in [0.2, 0.25) is 0 Å². The van der Waals surface area contributed by atoms with E-state index in [9.17, 15) is 13.2 Å². The molecule has 0 spiro atoms. The molecule has 1 aliphatic rings. The van der Waals surface area contributed by atoms with Gasteiger partial charge in [-0.2, -0.15) is 5.10 Å². The zero-order valence-corrected chi connectivity index (χ0v) is 23.9. The van der Waals surface area contributed by atoms with Gasteiger partial charge in [0.15, 0.2) is 15.5 Å². The number of carbonyl (C=O) groups excluding carboxylic acids is 1. The molecule has 0 radical (unpaired) electrons. The van der Waals surface area contributed by atoms with E-state index in [1.54, 1.807) is 4.68 Å². The molecule has 1 aliphatic heterocycles. The zero-order valence-electron chi connectivity index (χ0n) is 23.1. The number of benzene rings is 3. The fraction of sp³-hybridized carbons (Fsp3) is 0.242. The number of hydrogen-bond donors (Lipinski definition) is 1. The minimum Gasteiger partial charge on any atom is -0.341 e. The lowest BCUT2D eigenvalue weighted by molar-refractivity contribution is 0.0944. The van der Waals surface area contributed by atoms with Crippen molar-refractivity contribution in [1.82, 2.24) is 20.1 Å². The number of amides is 1. The van der Waals surface area contributed by atoms with E-state index < -0.39 is 9.84 Å². The van der Waals surface area contributed by atoms with Gasteiger partial charge in [-0.1, -0.05) is 91.9 Å². The number of nitrogens with zero attached hydrogens (tertiary/aromatic N) is 3. The van der Waals surface area contributed by atoms with Crippen molar-refractivity contribution in [2.24, 2.45) is 0 Å². The number of pyridine rings is 1. The highest BCUT2D eigenvalue weighted by molar-refractivity contribution is 7.91. The van der Waals surface area contributed by atoms with Gasteiger partial charge in [-0.3, -0.25) is 4.79 Å². The fourth-order valence-electron chi connectivity index (χ4n) is 5.63. The Morgan fingerprint density at radius 3 is 2.17 bits per heavy atom. The number of aromatic nitrogens is 3. The summed E-state index contributed by atoms with van der Waals surface area (Å²) in [6.45, 7) is 3.96. The maximum atomic E-state index is 14.2. The van der Waals surface area contributed by atoms with Gasteiger partial charge in [0.05, 0.1) is 45.9 Å². The average molecular weight is 565 g/mol. The monoisotopic (exact) mass is 564 g/mol. The molecule has 3 aromatic carbocycles. The van der Waals surface area contributed by atoms with Gasteiger partial charge in [-0.15, -0.1) is 0 Å². The maximum absolute atomic E-state index is 14.2. The van der Waals surface area contributed by atoms with E-state index in [4.69, 9.17) is 10.1 Å². The van der Waals surface area contributed by atoms with E-state index in [-0.39, 0.29) is 29.5 Å². The van der Waals surface area contributed by atoms with Crippen LogP contribution in [-0.2, 0) is 16.3 Å². The third kappa shape index (κ3) is 5.39. The molecule has 6 rings (SSSR count). The van der Waals surface area contributed by atoms with Crippen LogP contribution in [0, 0.1) is 6.92 Å². The second-order valence-corrected chi connectivity index (χ2v) is 12.8. The molecular weight excluding hydrogens is 532 g/mol. The van der Waals surface area contributed by atoms with E-state index in [1.807, 2.05) is 85.8 Å². The van der Waals surface area contributed by atoms with Crippen LogP contribution in [0.25, 0.3) is 22.3 Å². The molecule has 3 heterocycles. The lowest BCUT2D eigenvalue weighted by Crippen LogP contribution is -2.29. The van der Waals surface area contributed by atoms with Gasteiger partial charge >= 0.3 is 0 Å². The quantitative estimate of drug-likeness (QED) is 0.268. The molecule has 1 fully saturated rings. The van der Waals surface area contributed by atoms with Crippen LogP contribution in [0.5, 0.6) is 0 Å². The topological polar surface area (TPSA) is 94.0 Å². The summed E-state index contributed by atoms with van der Waals surface area (Å²) in [5.41, 5.74) is 6.30. The summed E-state index contributed by atoms with van der Waals surface area (Å²) in [7, 11) is -3.14. The molecule has 1 unspecified atom stereocenters. The van der Waals surface area contributed by atoms with Crippen molar-refractivity contribution in [3.63, 3.8) is 0 Å². The van der Waals surface area contributed by atoms with Gasteiger partial charge in [0.1, 0.15) is 0 Å². The van der Waals surface area contributed by atoms with E-state index in [0.717, 1.165) is 23.1 Å². The summed E-state index contributed by atoms with van der Waals surface area (Å²) in [6, 6.07) is 29.1. The van der Waals surface area contributed by atoms with Gasteiger partial charge in [0, 0.05) is 5.56 Å². The molecule has 8 heteroatoms. The van der Waals surface area contributed by atoms with Crippen molar-refractivity contribution >= 4 is 26.8 Å². The largest absolute Gasteiger partial charge is 0.341 e. The Bertz CT molecular complexity index is 1780. The minimum absolute atomic E-state index is 0.0198. The highest BCUT2D eigenvalue weighted by Gasteiger charge is 2.33. The first kappa shape index (κ1) is 26.9. The Labute approximate surface area is 240 Å². The number of hydrogen-bond acceptors (Lipinski definition) is 5. The first-order chi connectivity index (χ1) is 19.8. The third-order valence-corrected chi connectivity index (χ3v) is 9.59. The van der Waals surface area contributed by atoms with E-state index >= 15 is 0 Å². The third-order valence-electron chi connectivity index (χ3n) is 7.83. The molecule has 1 saturated heterocycles. The summed E-state index contributed by atoms with van der Waals surface area (Å²) < 4.78 is 26.4. The molecule has 1 atom stereocenters. The summed E-state index contributed by atoms with van der Waals surface area (Å²) in [5.74, 6) is -0.103. The van der Waals surface area contributed by atoms with Gasteiger partial charge in [0.25, 0.3) is 5.91 Å². The number of sulfone groups is 1. The molecule has 0 bridgehead atoms. The summed E-state index contributed by atoms with van der Waals surface area (Å²) in [5, 5.41) is 8.66. The zero-order chi connectivity index (χ0) is 28.6. The van der Waals surface area contributed by atoms with Gasteiger partial charge < -0.3 is 5.32 Å². The van der Waals surface area contributed by atoms with E-state index in [0.29, 0.717) is 34.4 Å². The van der Waals surface area contributed by atoms with Crippen molar-refractivity contribution in [3.8, 4) is 11.3 Å². The highest BCUT2D eigenvalue weighted by atomic mass is 32.2. The molecule has 1 amide bonds. The van der Waals surface area contributed by atoms with Gasteiger partial charge in [-0.05, 0) is 42.5 Å². The van der Waals surface area contributed by atoms with Crippen molar-refractivity contribution in [3.05, 3.63) is 119 Å². The Hall–Kier alpha value is -4.30. The predicted molar refractivity (Wildman–Crippen MR) is 162 cm³/mol. The predicted octanol–water partition coefficient (Wildman–Crippen LogP) is 5.85.